The van der Waals surface area contributed by atoms with Gasteiger partial charge in [0.2, 0.25) is 0 Å². The number of aryl methyl sites for hydroxylation is 1. The highest BCUT2D eigenvalue weighted by atomic mass is 32.1. The molecule has 18 heavy (non-hydrogen) atoms. The first kappa shape index (κ1) is 11.9. The van der Waals surface area contributed by atoms with Gasteiger partial charge in [-0.15, -0.1) is 11.3 Å². The van der Waals surface area contributed by atoms with E-state index in [1.807, 2.05) is 6.07 Å². The number of hydrogen-bond donors (Lipinski definition) is 1. The third-order valence-electron chi connectivity index (χ3n) is 3.79. The van der Waals surface area contributed by atoms with Crippen LogP contribution >= 0.6 is 11.3 Å². The quantitative estimate of drug-likeness (QED) is 0.890. The van der Waals surface area contributed by atoms with Crippen molar-refractivity contribution in [3.63, 3.8) is 0 Å². The van der Waals surface area contributed by atoms with E-state index in [-0.39, 0.29) is 11.2 Å². The predicted octanol–water partition coefficient (Wildman–Crippen LogP) is 3.36. The van der Waals surface area contributed by atoms with Gasteiger partial charge in [0.15, 0.2) is 0 Å². The van der Waals surface area contributed by atoms with Crippen LogP contribution in [0.4, 0.5) is 4.39 Å². The number of nitrogens with one attached hydrogen (secondary N) is 1. The van der Waals surface area contributed by atoms with E-state index in [2.05, 4.69) is 28.9 Å². The van der Waals surface area contributed by atoms with Gasteiger partial charge in [0, 0.05) is 23.4 Å². The lowest BCUT2D eigenvalue weighted by Gasteiger charge is -2.43. The fourth-order valence-electron chi connectivity index (χ4n) is 2.59. The summed E-state index contributed by atoms with van der Waals surface area (Å²) in [5.41, 5.74) is 1.27. The number of halogens is 1. The average Bonchev–Trinajstić information content (AvgIpc) is 2.81. The monoisotopic (exact) mass is 261 g/mol. The van der Waals surface area contributed by atoms with Crippen LogP contribution in [-0.4, -0.2) is 13.1 Å². The summed E-state index contributed by atoms with van der Waals surface area (Å²) in [5, 5.41) is 5.45. The van der Waals surface area contributed by atoms with Gasteiger partial charge in [-0.1, -0.05) is 18.2 Å². The Bertz CT molecular complexity index is 517. The standard InChI is InChI=1S/C15H16FNS/c16-13-4-1-3-12(9-13)15(10-17-11-15)7-6-14-5-2-8-18-14/h1-5,8-9,17H,6-7,10-11H2. The highest BCUT2D eigenvalue weighted by Gasteiger charge is 2.38. The molecule has 0 saturated carbocycles. The summed E-state index contributed by atoms with van der Waals surface area (Å²) in [6, 6.07) is 11.3. The second-order valence-corrected chi connectivity index (χ2v) is 6.01. The molecule has 0 radical (unpaired) electrons. The van der Waals surface area contributed by atoms with Crippen LogP contribution in [0.1, 0.15) is 16.9 Å². The van der Waals surface area contributed by atoms with Crippen LogP contribution in [0.3, 0.4) is 0 Å². The van der Waals surface area contributed by atoms with Crippen LogP contribution < -0.4 is 5.32 Å². The molecule has 0 unspecified atom stereocenters. The van der Waals surface area contributed by atoms with E-state index in [0.29, 0.717) is 0 Å². The van der Waals surface area contributed by atoms with Gasteiger partial charge >= 0.3 is 0 Å². The zero-order valence-corrected chi connectivity index (χ0v) is 11.0. The molecule has 94 valence electrons. The molecule has 1 nitrogen and oxygen atoms in total. The van der Waals surface area contributed by atoms with Crippen LogP contribution in [-0.2, 0) is 11.8 Å². The van der Waals surface area contributed by atoms with Crippen molar-refractivity contribution >= 4 is 11.3 Å². The fourth-order valence-corrected chi connectivity index (χ4v) is 3.30. The second kappa shape index (κ2) is 4.82. The molecule has 2 heterocycles. The topological polar surface area (TPSA) is 12.0 Å². The molecule has 1 fully saturated rings. The molecule has 1 N–H and O–H groups in total. The normalized spacial score (nSPS) is 17.4. The molecule has 0 amide bonds. The van der Waals surface area contributed by atoms with E-state index in [9.17, 15) is 4.39 Å². The van der Waals surface area contributed by atoms with Crippen molar-refractivity contribution < 1.29 is 4.39 Å². The van der Waals surface area contributed by atoms with Gasteiger partial charge in [-0.3, -0.25) is 0 Å². The molecular weight excluding hydrogens is 245 g/mol. The number of benzene rings is 1. The molecule has 3 rings (SSSR count). The summed E-state index contributed by atoms with van der Waals surface area (Å²) < 4.78 is 13.4. The maximum absolute atomic E-state index is 13.4. The lowest BCUT2D eigenvalue weighted by Crippen LogP contribution is -2.57. The molecule has 3 heteroatoms. The molecule has 0 aliphatic carbocycles. The maximum Gasteiger partial charge on any atom is 0.123 e. The van der Waals surface area contributed by atoms with E-state index in [4.69, 9.17) is 0 Å². The van der Waals surface area contributed by atoms with Crippen molar-refractivity contribution in [3.05, 3.63) is 58.0 Å². The average molecular weight is 261 g/mol. The summed E-state index contributed by atoms with van der Waals surface area (Å²) in [5.74, 6) is -0.130. The van der Waals surface area contributed by atoms with Crippen LogP contribution in [0.5, 0.6) is 0 Å². The van der Waals surface area contributed by atoms with Crippen LogP contribution in [0.15, 0.2) is 41.8 Å². The third kappa shape index (κ3) is 2.20. The Kier molecular flexibility index (Phi) is 3.18. The van der Waals surface area contributed by atoms with Crippen molar-refractivity contribution in [2.24, 2.45) is 0 Å². The predicted molar refractivity (Wildman–Crippen MR) is 73.6 cm³/mol. The molecule has 1 aliphatic heterocycles. The lowest BCUT2D eigenvalue weighted by atomic mass is 9.72. The summed E-state index contributed by atoms with van der Waals surface area (Å²) in [4.78, 5) is 1.41. The van der Waals surface area contributed by atoms with Crippen LogP contribution in [0.2, 0.25) is 0 Å². The lowest BCUT2D eigenvalue weighted by molar-refractivity contribution is 0.257. The second-order valence-electron chi connectivity index (χ2n) is 4.97. The smallest absolute Gasteiger partial charge is 0.123 e. The van der Waals surface area contributed by atoms with Crippen LogP contribution in [0, 0.1) is 5.82 Å². The van der Waals surface area contributed by atoms with E-state index >= 15 is 0 Å². The molecule has 1 saturated heterocycles. The summed E-state index contributed by atoms with van der Waals surface area (Å²) in [7, 11) is 0. The van der Waals surface area contributed by atoms with Gasteiger partial charge in [0.1, 0.15) is 5.82 Å². The molecule has 0 atom stereocenters. The largest absolute Gasteiger partial charge is 0.315 e. The molecule has 1 aromatic carbocycles. The molecule has 0 spiro atoms. The van der Waals surface area contributed by atoms with Gasteiger partial charge in [-0.05, 0) is 42.0 Å². The molecule has 1 aliphatic rings. The molecule has 1 aromatic heterocycles. The first-order chi connectivity index (χ1) is 8.78. The van der Waals surface area contributed by atoms with Gasteiger partial charge in [0.05, 0.1) is 0 Å². The van der Waals surface area contributed by atoms with E-state index in [1.165, 1.54) is 10.9 Å². The fraction of sp³-hybridized carbons (Fsp3) is 0.333. The zero-order chi connectivity index (χ0) is 12.4. The molecular formula is C15H16FNS. The Labute approximate surface area is 111 Å². The van der Waals surface area contributed by atoms with Crippen molar-refractivity contribution in [2.75, 3.05) is 13.1 Å². The zero-order valence-electron chi connectivity index (χ0n) is 10.2. The van der Waals surface area contributed by atoms with Crippen LogP contribution in [0.25, 0.3) is 0 Å². The summed E-state index contributed by atoms with van der Waals surface area (Å²) in [6.07, 6.45) is 2.17. The Morgan fingerprint density at radius 3 is 2.72 bits per heavy atom. The Hall–Kier alpha value is -1.19. The Morgan fingerprint density at radius 1 is 1.22 bits per heavy atom. The van der Waals surface area contributed by atoms with Gasteiger partial charge in [-0.2, -0.15) is 0 Å². The summed E-state index contributed by atoms with van der Waals surface area (Å²) >= 11 is 1.80. The third-order valence-corrected chi connectivity index (χ3v) is 4.73. The van der Waals surface area contributed by atoms with Crippen molar-refractivity contribution in [2.45, 2.75) is 18.3 Å². The molecule has 2 aromatic rings. The van der Waals surface area contributed by atoms with E-state index in [0.717, 1.165) is 31.5 Å². The van der Waals surface area contributed by atoms with Gasteiger partial charge in [0.25, 0.3) is 0 Å². The highest BCUT2D eigenvalue weighted by Crippen LogP contribution is 2.34. The SMILES string of the molecule is Fc1cccc(C2(CCc3cccs3)CNC2)c1. The minimum atomic E-state index is -0.130. The first-order valence-electron chi connectivity index (χ1n) is 6.28. The van der Waals surface area contributed by atoms with Crippen molar-refractivity contribution in [3.8, 4) is 0 Å². The maximum atomic E-state index is 13.4. The number of rotatable bonds is 4. The number of hydrogen-bond acceptors (Lipinski definition) is 2. The van der Waals surface area contributed by atoms with E-state index < -0.39 is 0 Å². The molecule has 0 bridgehead atoms. The van der Waals surface area contributed by atoms with Crippen molar-refractivity contribution in [1.29, 1.82) is 0 Å². The minimum Gasteiger partial charge on any atom is -0.315 e. The van der Waals surface area contributed by atoms with E-state index in [1.54, 1.807) is 17.4 Å². The van der Waals surface area contributed by atoms with Gasteiger partial charge < -0.3 is 5.32 Å². The first-order valence-corrected chi connectivity index (χ1v) is 7.16. The van der Waals surface area contributed by atoms with Crippen molar-refractivity contribution in [1.82, 2.24) is 5.32 Å². The Morgan fingerprint density at radius 2 is 2.11 bits per heavy atom. The summed E-state index contributed by atoms with van der Waals surface area (Å²) in [6.45, 7) is 1.92. The highest BCUT2D eigenvalue weighted by molar-refractivity contribution is 7.09. The number of thiophene rings is 1. The minimum absolute atomic E-state index is 0.130. The van der Waals surface area contributed by atoms with Gasteiger partial charge in [-0.25, -0.2) is 4.39 Å². The Balaban J connectivity index is 1.78.